The Morgan fingerprint density at radius 3 is 2.50 bits per heavy atom. The van der Waals surface area contributed by atoms with Gasteiger partial charge < -0.3 is 0 Å². The van der Waals surface area contributed by atoms with E-state index < -0.39 is 15.9 Å². The Kier molecular flexibility index (Phi) is 6.54. The van der Waals surface area contributed by atoms with Gasteiger partial charge in [0.25, 0.3) is 15.9 Å². The van der Waals surface area contributed by atoms with Crippen LogP contribution in [-0.4, -0.2) is 24.5 Å². The first kappa shape index (κ1) is 21.0. The van der Waals surface area contributed by atoms with E-state index in [1.54, 1.807) is 24.3 Å². The van der Waals surface area contributed by atoms with E-state index in [0.29, 0.717) is 26.9 Å². The summed E-state index contributed by atoms with van der Waals surface area (Å²) >= 11 is 18.5. The number of amides is 1. The lowest BCUT2D eigenvalue weighted by Gasteiger charge is -2.05. The first-order chi connectivity index (χ1) is 13.3. The standard InChI is InChI=1S/C16H11Cl3N4O3S2/c17-10-5-6-11(13(19)7-10)14(24)21-15-22-23-16(27-15)28(25,26)20-8-9-3-1-2-4-12(9)18/h1-7,20H,8H2,(H,21,22,24). The van der Waals surface area contributed by atoms with Crippen molar-refractivity contribution in [2.75, 3.05) is 5.32 Å². The minimum atomic E-state index is -3.93. The van der Waals surface area contributed by atoms with Crippen molar-refractivity contribution in [2.24, 2.45) is 0 Å². The topological polar surface area (TPSA) is 101 Å². The Morgan fingerprint density at radius 1 is 1.04 bits per heavy atom. The maximum atomic E-state index is 12.4. The normalized spacial score (nSPS) is 11.4. The monoisotopic (exact) mass is 476 g/mol. The number of carbonyl (C=O) groups excluding carboxylic acids is 1. The molecular formula is C16H11Cl3N4O3S2. The van der Waals surface area contributed by atoms with E-state index in [0.717, 1.165) is 0 Å². The fourth-order valence-corrected chi connectivity index (χ4v) is 4.72. The van der Waals surface area contributed by atoms with Crippen LogP contribution in [0, 0.1) is 0 Å². The number of rotatable bonds is 6. The Labute approximate surface area is 179 Å². The number of hydrogen-bond acceptors (Lipinski definition) is 6. The zero-order valence-electron chi connectivity index (χ0n) is 13.8. The Hall–Kier alpha value is -1.75. The first-order valence-corrected chi connectivity index (χ1v) is 11.0. The first-order valence-electron chi connectivity index (χ1n) is 7.59. The molecule has 0 aliphatic rings. The lowest BCUT2D eigenvalue weighted by Crippen LogP contribution is -2.23. The minimum absolute atomic E-state index is 0.00846. The molecule has 3 rings (SSSR count). The molecule has 0 aliphatic carbocycles. The van der Waals surface area contributed by atoms with Gasteiger partial charge in [-0.2, -0.15) is 0 Å². The van der Waals surface area contributed by atoms with Gasteiger partial charge in [0.2, 0.25) is 9.47 Å². The summed E-state index contributed by atoms with van der Waals surface area (Å²) in [5.74, 6) is -0.564. The van der Waals surface area contributed by atoms with Crippen molar-refractivity contribution in [3.63, 3.8) is 0 Å². The molecule has 1 aromatic heterocycles. The average molecular weight is 478 g/mol. The van der Waals surface area contributed by atoms with Crippen LogP contribution in [0.25, 0.3) is 0 Å². The highest BCUT2D eigenvalue weighted by Gasteiger charge is 2.22. The van der Waals surface area contributed by atoms with Crippen molar-refractivity contribution in [1.29, 1.82) is 0 Å². The molecule has 0 saturated carbocycles. The van der Waals surface area contributed by atoms with Gasteiger partial charge in [0.15, 0.2) is 0 Å². The summed E-state index contributed by atoms with van der Waals surface area (Å²) in [7, 11) is -3.93. The van der Waals surface area contributed by atoms with E-state index in [1.165, 1.54) is 18.2 Å². The molecule has 0 spiro atoms. The average Bonchev–Trinajstić information content (AvgIpc) is 3.10. The minimum Gasteiger partial charge on any atom is -0.296 e. The highest BCUT2D eigenvalue weighted by molar-refractivity contribution is 7.91. The number of carbonyl (C=O) groups is 1. The van der Waals surface area contributed by atoms with Crippen molar-refractivity contribution in [3.05, 3.63) is 68.7 Å². The molecular weight excluding hydrogens is 467 g/mol. The van der Waals surface area contributed by atoms with Crippen LogP contribution in [-0.2, 0) is 16.6 Å². The molecule has 0 bridgehead atoms. The summed E-state index contributed by atoms with van der Waals surface area (Å²) in [5, 5.41) is 10.8. The summed E-state index contributed by atoms with van der Waals surface area (Å²) in [6.07, 6.45) is 0. The summed E-state index contributed by atoms with van der Waals surface area (Å²) in [4.78, 5) is 12.3. The Balaban J connectivity index is 1.70. The molecule has 0 fully saturated rings. The molecule has 0 aliphatic heterocycles. The second-order valence-corrected chi connectivity index (χ2v) is 9.54. The van der Waals surface area contributed by atoms with Gasteiger partial charge in [0, 0.05) is 16.6 Å². The molecule has 28 heavy (non-hydrogen) atoms. The Bertz CT molecular complexity index is 1140. The maximum absolute atomic E-state index is 12.4. The molecule has 1 heterocycles. The van der Waals surface area contributed by atoms with Gasteiger partial charge in [-0.15, -0.1) is 10.2 Å². The third-order valence-electron chi connectivity index (χ3n) is 3.44. The van der Waals surface area contributed by atoms with Crippen LogP contribution in [0.3, 0.4) is 0 Å². The van der Waals surface area contributed by atoms with Gasteiger partial charge in [0.1, 0.15) is 0 Å². The van der Waals surface area contributed by atoms with Crippen LogP contribution in [0.2, 0.25) is 15.1 Å². The van der Waals surface area contributed by atoms with Crippen LogP contribution in [0.4, 0.5) is 5.13 Å². The number of benzene rings is 2. The predicted molar refractivity (Wildman–Crippen MR) is 110 cm³/mol. The van der Waals surface area contributed by atoms with Crippen LogP contribution < -0.4 is 10.0 Å². The van der Waals surface area contributed by atoms with Gasteiger partial charge >= 0.3 is 0 Å². The van der Waals surface area contributed by atoms with E-state index in [2.05, 4.69) is 20.2 Å². The number of halogens is 3. The van der Waals surface area contributed by atoms with Gasteiger partial charge in [-0.1, -0.05) is 64.3 Å². The summed E-state index contributed by atoms with van der Waals surface area (Å²) in [6, 6.07) is 11.2. The van der Waals surface area contributed by atoms with Crippen molar-refractivity contribution in [1.82, 2.24) is 14.9 Å². The summed E-state index contributed by atoms with van der Waals surface area (Å²) < 4.78 is 26.9. The molecule has 0 atom stereocenters. The van der Waals surface area contributed by atoms with Crippen molar-refractivity contribution >= 4 is 67.2 Å². The largest absolute Gasteiger partial charge is 0.296 e. The lowest BCUT2D eigenvalue weighted by molar-refractivity contribution is 0.102. The molecule has 3 aromatic rings. The zero-order chi connectivity index (χ0) is 20.3. The van der Waals surface area contributed by atoms with E-state index in [9.17, 15) is 13.2 Å². The number of anilines is 1. The molecule has 2 aromatic carbocycles. The SMILES string of the molecule is O=C(Nc1nnc(S(=O)(=O)NCc2ccccc2Cl)s1)c1ccc(Cl)cc1Cl. The van der Waals surface area contributed by atoms with Crippen molar-refractivity contribution in [3.8, 4) is 0 Å². The number of sulfonamides is 1. The summed E-state index contributed by atoms with van der Waals surface area (Å²) in [5.41, 5.74) is 0.783. The molecule has 0 saturated heterocycles. The number of aromatic nitrogens is 2. The fourth-order valence-electron chi connectivity index (χ4n) is 2.08. The van der Waals surface area contributed by atoms with Crippen molar-refractivity contribution < 1.29 is 13.2 Å². The molecule has 0 unspecified atom stereocenters. The van der Waals surface area contributed by atoms with Crippen molar-refractivity contribution in [2.45, 2.75) is 10.9 Å². The van der Waals surface area contributed by atoms with Crippen LogP contribution >= 0.6 is 46.1 Å². The Morgan fingerprint density at radius 2 is 1.79 bits per heavy atom. The summed E-state index contributed by atoms with van der Waals surface area (Å²) in [6.45, 7) is -0.0103. The number of nitrogens with one attached hydrogen (secondary N) is 2. The molecule has 0 radical (unpaired) electrons. The molecule has 146 valence electrons. The lowest BCUT2D eigenvalue weighted by atomic mass is 10.2. The second-order valence-electron chi connectivity index (χ2n) is 5.37. The highest BCUT2D eigenvalue weighted by Crippen LogP contribution is 2.24. The molecule has 7 nitrogen and oxygen atoms in total. The smallest absolute Gasteiger partial charge is 0.270 e. The van der Waals surface area contributed by atoms with E-state index >= 15 is 0 Å². The molecule has 2 N–H and O–H groups in total. The van der Waals surface area contributed by atoms with Gasteiger partial charge in [-0.05, 0) is 29.8 Å². The maximum Gasteiger partial charge on any atom is 0.270 e. The molecule has 12 heteroatoms. The number of hydrogen-bond donors (Lipinski definition) is 2. The predicted octanol–water partition coefficient (Wildman–Crippen LogP) is 4.23. The van der Waals surface area contributed by atoms with Gasteiger partial charge in [-0.25, -0.2) is 13.1 Å². The van der Waals surface area contributed by atoms with Crippen LogP contribution in [0.1, 0.15) is 15.9 Å². The van der Waals surface area contributed by atoms with E-state index in [4.69, 9.17) is 34.8 Å². The molecule has 1 amide bonds. The number of nitrogens with zero attached hydrogens (tertiary/aromatic N) is 2. The highest BCUT2D eigenvalue weighted by atomic mass is 35.5. The third kappa shape index (κ3) is 4.99. The van der Waals surface area contributed by atoms with E-state index in [1.807, 2.05) is 0 Å². The van der Waals surface area contributed by atoms with Crippen LogP contribution in [0.5, 0.6) is 0 Å². The second kappa shape index (κ2) is 8.73. The van der Waals surface area contributed by atoms with Gasteiger partial charge in [0.05, 0.1) is 10.6 Å². The fraction of sp³-hybridized carbons (Fsp3) is 0.0625. The van der Waals surface area contributed by atoms with E-state index in [-0.39, 0.29) is 26.6 Å². The quantitative estimate of drug-likeness (QED) is 0.517. The third-order valence-corrected chi connectivity index (χ3v) is 6.97. The van der Waals surface area contributed by atoms with Gasteiger partial charge in [-0.3, -0.25) is 10.1 Å². The zero-order valence-corrected chi connectivity index (χ0v) is 17.7. The van der Waals surface area contributed by atoms with Crippen LogP contribution in [0.15, 0.2) is 46.8 Å².